The Morgan fingerprint density at radius 3 is 2.47 bits per heavy atom. The highest BCUT2D eigenvalue weighted by Crippen LogP contribution is 2.21. The first-order valence-electron chi connectivity index (χ1n) is 7.08. The van der Waals surface area contributed by atoms with Crippen molar-refractivity contribution >= 4 is 5.91 Å². The maximum Gasteiger partial charge on any atom is 0.224 e. The van der Waals surface area contributed by atoms with E-state index in [-0.39, 0.29) is 11.8 Å². The molecule has 0 bridgehead atoms. The average Bonchev–Trinajstić information content (AvgIpc) is 3.15. The first-order chi connectivity index (χ1) is 9.01. The zero-order valence-corrected chi connectivity index (χ0v) is 12.1. The third-order valence-corrected chi connectivity index (χ3v) is 4.00. The number of hydrogen-bond acceptors (Lipinski definition) is 2. The maximum absolute atomic E-state index is 12.1. The van der Waals surface area contributed by atoms with E-state index < -0.39 is 0 Å². The van der Waals surface area contributed by atoms with Crippen molar-refractivity contribution in [2.45, 2.75) is 46.1 Å². The molecular weight excluding hydrogens is 236 g/mol. The summed E-state index contributed by atoms with van der Waals surface area (Å²) in [4.78, 5) is 12.1. The molecule has 19 heavy (non-hydrogen) atoms. The normalized spacial score (nSPS) is 16.2. The lowest BCUT2D eigenvalue weighted by Gasteiger charge is -2.17. The number of rotatable bonds is 5. The predicted molar refractivity (Wildman–Crippen MR) is 78.1 cm³/mol. The molecule has 0 heterocycles. The van der Waals surface area contributed by atoms with Gasteiger partial charge in [-0.3, -0.25) is 4.79 Å². The van der Waals surface area contributed by atoms with Gasteiger partial charge in [-0.05, 0) is 62.3 Å². The fourth-order valence-electron chi connectivity index (χ4n) is 2.34. The maximum atomic E-state index is 12.1. The van der Waals surface area contributed by atoms with Crippen LogP contribution in [0.2, 0.25) is 0 Å². The fraction of sp³-hybridized carbons (Fsp3) is 0.562. The Kier molecular flexibility index (Phi) is 4.25. The van der Waals surface area contributed by atoms with E-state index in [9.17, 15) is 4.79 Å². The molecule has 1 saturated carbocycles. The number of benzene rings is 1. The highest BCUT2D eigenvalue weighted by Gasteiger charge is 2.27. The topological polar surface area (TPSA) is 55.1 Å². The molecule has 0 saturated heterocycles. The van der Waals surface area contributed by atoms with Crippen LogP contribution in [-0.4, -0.2) is 18.5 Å². The van der Waals surface area contributed by atoms with Gasteiger partial charge in [0.25, 0.3) is 0 Å². The lowest BCUT2D eigenvalue weighted by Crippen LogP contribution is -2.37. The standard InChI is InChI=1S/C16H24N2O/c1-10-6-12(3)13(7-11(10)2)8-14(9-17)16(19)18-15-4-5-15/h6-7,14-15H,4-5,8-9,17H2,1-3H3,(H,18,19). The SMILES string of the molecule is Cc1cc(C)c(CC(CN)C(=O)NC2CC2)cc1C. The molecule has 1 aromatic rings. The minimum Gasteiger partial charge on any atom is -0.353 e. The Balaban J connectivity index is 2.08. The monoisotopic (exact) mass is 260 g/mol. The summed E-state index contributed by atoms with van der Waals surface area (Å²) in [6, 6.07) is 4.79. The Hall–Kier alpha value is -1.35. The van der Waals surface area contributed by atoms with Crippen molar-refractivity contribution < 1.29 is 4.79 Å². The van der Waals surface area contributed by atoms with Crippen LogP contribution >= 0.6 is 0 Å². The van der Waals surface area contributed by atoms with Crippen LogP contribution < -0.4 is 11.1 Å². The number of carbonyl (C=O) groups is 1. The van der Waals surface area contributed by atoms with E-state index in [2.05, 4.69) is 38.2 Å². The molecule has 1 atom stereocenters. The second-order valence-corrected chi connectivity index (χ2v) is 5.78. The smallest absolute Gasteiger partial charge is 0.224 e. The van der Waals surface area contributed by atoms with Crippen LogP contribution in [0.25, 0.3) is 0 Å². The average molecular weight is 260 g/mol. The number of aryl methyl sites for hydroxylation is 3. The van der Waals surface area contributed by atoms with Crippen LogP contribution in [0.5, 0.6) is 0 Å². The third kappa shape index (κ3) is 3.57. The zero-order chi connectivity index (χ0) is 14.0. The molecule has 3 heteroatoms. The predicted octanol–water partition coefficient (Wildman–Crippen LogP) is 2.01. The molecule has 1 unspecified atom stereocenters. The van der Waals surface area contributed by atoms with Crippen molar-refractivity contribution in [2.24, 2.45) is 11.7 Å². The summed E-state index contributed by atoms with van der Waals surface area (Å²) in [5.74, 6) is 0.00374. The van der Waals surface area contributed by atoms with Crippen molar-refractivity contribution in [2.75, 3.05) is 6.54 Å². The van der Waals surface area contributed by atoms with E-state index in [0.29, 0.717) is 12.6 Å². The summed E-state index contributed by atoms with van der Waals surface area (Å²) in [5.41, 5.74) is 10.8. The molecule has 2 rings (SSSR count). The van der Waals surface area contributed by atoms with Crippen molar-refractivity contribution in [3.8, 4) is 0 Å². The van der Waals surface area contributed by atoms with Crippen LogP contribution in [0.15, 0.2) is 12.1 Å². The van der Waals surface area contributed by atoms with Crippen molar-refractivity contribution in [1.82, 2.24) is 5.32 Å². The van der Waals surface area contributed by atoms with Gasteiger partial charge in [0.05, 0.1) is 5.92 Å². The van der Waals surface area contributed by atoms with Gasteiger partial charge in [-0.2, -0.15) is 0 Å². The van der Waals surface area contributed by atoms with Gasteiger partial charge in [-0.15, -0.1) is 0 Å². The summed E-state index contributed by atoms with van der Waals surface area (Å²) in [6.45, 7) is 6.74. The van der Waals surface area contributed by atoms with Crippen LogP contribution in [-0.2, 0) is 11.2 Å². The van der Waals surface area contributed by atoms with Crippen LogP contribution in [0.3, 0.4) is 0 Å². The number of hydrogen-bond donors (Lipinski definition) is 2. The molecule has 3 nitrogen and oxygen atoms in total. The molecule has 0 aromatic heterocycles. The van der Waals surface area contributed by atoms with E-state index in [1.165, 1.54) is 22.3 Å². The number of nitrogens with one attached hydrogen (secondary N) is 1. The quantitative estimate of drug-likeness (QED) is 0.851. The van der Waals surface area contributed by atoms with Crippen LogP contribution in [0.4, 0.5) is 0 Å². The van der Waals surface area contributed by atoms with E-state index >= 15 is 0 Å². The molecule has 1 aliphatic rings. The van der Waals surface area contributed by atoms with E-state index in [0.717, 1.165) is 19.3 Å². The van der Waals surface area contributed by atoms with Gasteiger partial charge in [0.15, 0.2) is 0 Å². The fourth-order valence-corrected chi connectivity index (χ4v) is 2.34. The lowest BCUT2D eigenvalue weighted by atomic mass is 9.92. The van der Waals surface area contributed by atoms with Gasteiger partial charge in [0.2, 0.25) is 5.91 Å². The summed E-state index contributed by atoms with van der Waals surface area (Å²) < 4.78 is 0. The second kappa shape index (κ2) is 5.74. The molecule has 0 spiro atoms. The Bertz CT molecular complexity index is 478. The molecule has 0 aliphatic heterocycles. The molecule has 0 radical (unpaired) electrons. The van der Waals surface area contributed by atoms with Crippen molar-refractivity contribution in [3.63, 3.8) is 0 Å². The van der Waals surface area contributed by atoms with Gasteiger partial charge in [0.1, 0.15) is 0 Å². The zero-order valence-electron chi connectivity index (χ0n) is 12.1. The summed E-state index contributed by atoms with van der Waals surface area (Å²) in [7, 11) is 0. The Morgan fingerprint density at radius 2 is 1.89 bits per heavy atom. The van der Waals surface area contributed by atoms with Gasteiger partial charge >= 0.3 is 0 Å². The minimum absolute atomic E-state index is 0.110. The van der Waals surface area contributed by atoms with Crippen LogP contribution in [0, 0.1) is 26.7 Å². The lowest BCUT2D eigenvalue weighted by molar-refractivity contribution is -0.124. The molecule has 1 fully saturated rings. The number of amides is 1. The highest BCUT2D eigenvalue weighted by atomic mass is 16.2. The highest BCUT2D eigenvalue weighted by molar-refractivity contribution is 5.79. The second-order valence-electron chi connectivity index (χ2n) is 5.78. The summed E-state index contributed by atoms with van der Waals surface area (Å²) >= 11 is 0. The number of carbonyl (C=O) groups excluding carboxylic acids is 1. The van der Waals surface area contributed by atoms with Gasteiger partial charge < -0.3 is 11.1 Å². The van der Waals surface area contributed by atoms with Gasteiger partial charge in [-0.25, -0.2) is 0 Å². The first-order valence-corrected chi connectivity index (χ1v) is 7.08. The Morgan fingerprint density at radius 1 is 1.26 bits per heavy atom. The van der Waals surface area contributed by atoms with Gasteiger partial charge in [0, 0.05) is 12.6 Å². The summed E-state index contributed by atoms with van der Waals surface area (Å²) in [5, 5.41) is 3.05. The van der Waals surface area contributed by atoms with Gasteiger partial charge in [-0.1, -0.05) is 12.1 Å². The molecule has 3 N–H and O–H groups in total. The van der Waals surface area contributed by atoms with E-state index in [1.54, 1.807) is 0 Å². The molecule has 104 valence electrons. The number of nitrogens with two attached hydrogens (primary N) is 1. The molecular formula is C16H24N2O. The van der Waals surface area contributed by atoms with E-state index in [1.807, 2.05) is 0 Å². The van der Waals surface area contributed by atoms with Crippen molar-refractivity contribution in [1.29, 1.82) is 0 Å². The van der Waals surface area contributed by atoms with E-state index in [4.69, 9.17) is 5.73 Å². The Labute approximate surface area is 115 Å². The van der Waals surface area contributed by atoms with Crippen molar-refractivity contribution in [3.05, 3.63) is 34.4 Å². The first kappa shape index (κ1) is 14.1. The molecule has 1 aliphatic carbocycles. The summed E-state index contributed by atoms with van der Waals surface area (Å²) in [6.07, 6.45) is 2.97. The minimum atomic E-state index is -0.110. The molecule has 1 aromatic carbocycles. The molecule has 1 amide bonds. The third-order valence-electron chi connectivity index (χ3n) is 4.00. The largest absolute Gasteiger partial charge is 0.353 e. The van der Waals surface area contributed by atoms with Crippen LogP contribution in [0.1, 0.15) is 35.1 Å².